The van der Waals surface area contributed by atoms with Crippen molar-refractivity contribution in [2.45, 2.75) is 69.1 Å². The highest BCUT2D eigenvalue weighted by atomic mass is 15.1. The van der Waals surface area contributed by atoms with Gasteiger partial charge in [0.25, 0.3) is 0 Å². The summed E-state index contributed by atoms with van der Waals surface area (Å²) in [4.78, 5) is 0. The van der Waals surface area contributed by atoms with Crippen LogP contribution in [0.25, 0.3) is 0 Å². The topological polar surface area (TPSA) is 24.1 Å². The lowest BCUT2D eigenvalue weighted by Gasteiger charge is -2.22. The zero-order valence-corrected chi connectivity index (χ0v) is 8.26. The highest BCUT2D eigenvalue weighted by Crippen LogP contribution is 2.28. The SMILES string of the molecule is C1CC(NC2CC2)C(NC2CC2)C1. The van der Waals surface area contributed by atoms with Crippen LogP contribution in [0.5, 0.6) is 0 Å². The molecule has 3 aliphatic carbocycles. The molecule has 2 unspecified atom stereocenters. The molecular formula is C11H20N2. The van der Waals surface area contributed by atoms with Crippen LogP contribution in [0.4, 0.5) is 0 Å². The van der Waals surface area contributed by atoms with Gasteiger partial charge in [-0.1, -0.05) is 6.42 Å². The Labute approximate surface area is 80.5 Å². The first-order valence-electron chi connectivity index (χ1n) is 5.94. The largest absolute Gasteiger partial charge is 0.310 e. The molecule has 2 nitrogen and oxygen atoms in total. The van der Waals surface area contributed by atoms with Crippen LogP contribution in [0.2, 0.25) is 0 Å². The molecule has 0 aromatic heterocycles. The molecule has 13 heavy (non-hydrogen) atoms. The van der Waals surface area contributed by atoms with E-state index in [-0.39, 0.29) is 0 Å². The van der Waals surface area contributed by atoms with E-state index in [0.29, 0.717) is 0 Å². The van der Waals surface area contributed by atoms with E-state index in [1.54, 1.807) is 0 Å². The van der Waals surface area contributed by atoms with Gasteiger partial charge in [-0.25, -0.2) is 0 Å². The van der Waals surface area contributed by atoms with E-state index in [4.69, 9.17) is 0 Å². The van der Waals surface area contributed by atoms with Crippen molar-refractivity contribution in [3.05, 3.63) is 0 Å². The Hall–Kier alpha value is -0.0800. The number of hydrogen-bond donors (Lipinski definition) is 2. The zero-order chi connectivity index (χ0) is 8.67. The van der Waals surface area contributed by atoms with Crippen LogP contribution in [0.1, 0.15) is 44.9 Å². The van der Waals surface area contributed by atoms with Crippen LogP contribution in [-0.4, -0.2) is 24.2 Å². The molecule has 0 aliphatic heterocycles. The van der Waals surface area contributed by atoms with Gasteiger partial charge in [-0.15, -0.1) is 0 Å². The predicted molar refractivity (Wildman–Crippen MR) is 53.7 cm³/mol. The smallest absolute Gasteiger partial charge is 0.0223 e. The first-order chi connectivity index (χ1) is 6.42. The summed E-state index contributed by atoms with van der Waals surface area (Å²) < 4.78 is 0. The lowest BCUT2D eigenvalue weighted by Crippen LogP contribution is -2.45. The number of hydrogen-bond acceptors (Lipinski definition) is 2. The molecule has 0 spiro atoms. The Morgan fingerprint density at radius 2 is 1.08 bits per heavy atom. The average molecular weight is 180 g/mol. The first-order valence-corrected chi connectivity index (χ1v) is 5.94. The summed E-state index contributed by atoms with van der Waals surface area (Å²) in [6.45, 7) is 0. The van der Waals surface area contributed by atoms with Crippen LogP contribution in [0, 0.1) is 0 Å². The molecule has 3 saturated carbocycles. The normalized spacial score (nSPS) is 39.7. The van der Waals surface area contributed by atoms with Gasteiger partial charge in [-0.05, 0) is 38.5 Å². The molecule has 0 aromatic rings. The molecule has 3 aliphatic rings. The molecule has 74 valence electrons. The van der Waals surface area contributed by atoms with Crippen molar-refractivity contribution in [2.75, 3.05) is 0 Å². The Morgan fingerprint density at radius 3 is 1.46 bits per heavy atom. The van der Waals surface area contributed by atoms with Crippen molar-refractivity contribution in [1.82, 2.24) is 10.6 Å². The molecule has 0 heterocycles. The fourth-order valence-electron chi connectivity index (χ4n) is 2.46. The number of nitrogens with one attached hydrogen (secondary N) is 2. The van der Waals surface area contributed by atoms with Crippen molar-refractivity contribution in [1.29, 1.82) is 0 Å². The van der Waals surface area contributed by atoms with Gasteiger partial charge in [0, 0.05) is 24.2 Å². The maximum absolute atomic E-state index is 3.77. The van der Waals surface area contributed by atoms with Crippen LogP contribution < -0.4 is 10.6 Å². The lowest BCUT2D eigenvalue weighted by molar-refractivity contribution is 0.405. The molecule has 2 atom stereocenters. The van der Waals surface area contributed by atoms with E-state index >= 15 is 0 Å². The standard InChI is InChI=1S/C11H20N2/c1-2-10(12-8-4-5-8)11(3-1)13-9-6-7-9/h8-13H,1-7H2. The van der Waals surface area contributed by atoms with Crippen molar-refractivity contribution in [3.8, 4) is 0 Å². The van der Waals surface area contributed by atoms with Gasteiger partial charge in [0.2, 0.25) is 0 Å². The summed E-state index contributed by atoms with van der Waals surface area (Å²) in [7, 11) is 0. The van der Waals surface area contributed by atoms with Crippen molar-refractivity contribution in [2.24, 2.45) is 0 Å². The monoisotopic (exact) mass is 180 g/mol. The summed E-state index contributed by atoms with van der Waals surface area (Å²) >= 11 is 0. The predicted octanol–water partition coefficient (Wildman–Crippen LogP) is 1.41. The summed E-state index contributed by atoms with van der Waals surface area (Å²) in [6, 6.07) is 3.36. The van der Waals surface area contributed by atoms with Gasteiger partial charge in [-0.2, -0.15) is 0 Å². The Morgan fingerprint density at radius 1 is 0.615 bits per heavy atom. The van der Waals surface area contributed by atoms with Crippen molar-refractivity contribution < 1.29 is 0 Å². The third-order valence-corrected chi connectivity index (χ3v) is 3.57. The Balaban J connectivity index is 1.51. The van der Waals surface area contributed by atoms with Crippen molar-refractivity contribution >= 4 is 0 Å². The highest BCUT2D eigenvalue weighted by Gasteiger charge is 2.35. The van der Waals surface area contributed by atoms with Crippen LogP contribution in [0.15, 0.2) is 0 Å². The maximum Gasteiger partial charge on any atom is 0.0223 e. The molecular weight excluding hydrogens is 160 g/mol. The second-order valence-electron chi connectivity index (χ2n) is 5.03. The molecule has 3 fully saturated rings. The Bertz CT molecular complexity index is 165. The first kappa shape index (κ1) is 8.25. The average Bonchev–Trinajstić information content (AvgIpc) is 2.95. The molecule has 0 bridgehead atoms. The second-order valence-corrected chi connectivity index (χ2v) is 5.03. The van der Waals surface area contributed by atoms with Gasteiger partial charge in [0.05, 0.1) is 0 Å². The van der Waals surface area contributed by atoms with E-state index < -0.39 is 0 Å². The molecule has 3 rings (SSSR count). The van der Waals surface area contributed by atoms with Gasteiger partial charge >= 0.3 is 0 Å². The molecule has 0 aromatic carbocycles. The molecule has 0 radical (unpaired) electrons. The van der Waals surface area contributed by atoms with E-state index in [1.807, 2.05) is 0 Å². The van der Waals surface area contributed by atoms with Crippen molar-refractivity contribution in [3.63, 3.8) is 0 Å². The fourth-order valence-corrected chi connectivity index (χ4v) is 2.46. The molecule has 0 amide bonds. The number of rotatable bonds is 4. The lowest BCUT2D eigenvalue weighted by atomic mass is 10.1. The highest BCUT2D eigenvalue weighted by molar-refractivity contribution is 4.97. The van der Waals surface area contributed by atoms with Gasteiger partial charge in [-0.3, -0.25) is 0 Å². The van der Waals surface area contributed by atoms with Gasteiger partial charge in [0.1, 0.15) is 0 Å². The fraction of sp³-hybridized carbons (Fsp3) is 1.00. The minimum atomic E-state index is 0.799. The minimum Gasteiger partial charge on any atom is -0.310 e. The molecule has 2 N–H and O–H groups in total. The maximum atomic E-state index is 3.77. The summed E-state index contributed by atoms with van der Waals surface area (Å²) in [5.41, 5.74) is 0. The van der Waals surface area contributed by atoms with E-state index in [0.717, 1.165) is 24.2 Å². The van der Waals surface area contributed by atoms with E-state index in [2.05, 4.69) is 10.6 Å². The van der Waals surface area contributed by atoms with Gasteiger partial charge < -0.3 is 10.6 Å². The van der Waals surface area contributed by atoms with Crippen LogP contribution >= 0.6 is 0 Å². The second kappa shape index (κ2) is 3.25. The summed E-state index contributed by atoms with van der Waals surface area (Å²) in [5.74, 6) is 0. The quantitative estimate of drug-likeness (QED) is 0.683. The minimum absolute atomic E-state index is 0.799. The summed E-state index contributed by atoms with van der Waals surface area (Å²) in [5, 5.41) is 7.55. The van der Waals surface area contributed by atoms with Crippen LogP contribution in [0.3, 0.4) is 0 Å². The van der Waals surface area contributed by atoms with E-state index in [9.17, 15) is 0 Å². The molecule has 2 heteroatoms. The summed E-state index contributed by atoms with van der Waals surface area (Å²) in [6.07, 6.45) is 9.93. The Kier molecular flexibility index (Phi) is 2.06. The zero-order valence-electron chi connectivity index (χ0n) is 8.26. The van der Waals surface area contributed by atoms with Gasteiger partial charge in [0.15, 0.2) is 0 Å². The van der Waals surface area contributed by atoms with E-state index in [1.165, 1.54) is 44.9 Å². The third kappa shape index (κ3) is 2.05. The van der Waals surface area contributed by atoms with Crippen LogP contribution in [-0.2, 0) is 0 Å². The third-order valence-electron chi connectivity index (χ3n) is 3.57. The molecule has 0 saturated heterocycles.